The van der Waals surface area contributed by atoms with Crippen LogP contribution in [0.25, 0.3) is 11.1 Å². The van der Waals surface area contributed by atoms with Crippen LogP contribution < -0.4 is 4.90 Å². The zero-order valence-corrected chi connectivity index (χ0v) is 21.3. The predicted molar refractivity (Wildman–Crippen MR) is 131 cm³/mol. The van der Waals surface area contributed by atoms with Gasteiger partial charge in [-0.2, -0.15) is 39.5 Å². The normalized spacial score (nSPS) is 13.4. The maximum absolute atomic E-state index is 13.5. The van der Waals surface area contributed by atoms with Gasteiger partial charge in [-0.1, -0.05) is 32.0 Å². The Labute approximate surface area is 223 Å². The maximum atomic E-state index is 13.5. The van der Waals surface area contributed by atoms with Gasteiger partial charge < -0.3 is 10.0 Å². The molecule has 1 N–H and O–H groups in total. The number of carbonyl (C=O) groups is 1. The van der Waals surface area contributed by atoms with Gasteiger partial charge in [-0.25, -0.2) is 0 Å². The molecule has 0 heterocycles. The predicted octanol–water partition coefficient (Wildman–Crippen LogP) is 9.39. The lowest BCUT2D eigenvalue weighted by Gasteiger charge is -2.25. The van der Waals surface area contributed by atoms with Gasteiger partial charge in [0, 0.05) is 18.4 Å². The molecule has 0 saturated heterocycles. The summed E-state index contributed by atoms with van der Waals surface area (Å²) in [5, 5.41) is 9.87. The summed E-state index contributed by atoms with van der Waals surface area (Å²) in [5.74, 6) is -2.42. The molecule has 40 heavy (non-hydrogen) atoms. The highest BCUT2D eigenvalue weighted by Gasteiger charge is 2.37. The van der Waals surface area contributed by atoms with Gasteiger partial charge in [-0.3, -0.25) is 4.79 Å². The number of anilines is 2. The molecule has 1 atom stereocenters. The third-order valence-corrected chi connectivity index (χ3v) is 6.24. The Morgan fingerprint density at radius 2 is 1.18 bits per heavy atom. The Morgan fingerprint density at radius 1 is 0.700 bits per heavy atom. The Hall–Kier alpha value is -3.70. The van der Waals surface area contributed by atoms with Crippen LogP contribution in [0.5, 0.6) is 0 Å². The number of alkyl halides is 9. The summed E-state index contributed by atoms with van der Waals surface area (Å²) in [5.41, 5.74) is -3.80. The fourth-order valence-corrected chi connectivity index (χ4v) is 4.18. The fourth-order valence-electron chi connectivity index (χ4n) is 4.18. The molecule has 0 aliphatic heterocycles. The standard InChI is InChI=1S/C28H24F9NO2/c1-15(2)8-24(25(39)40)18-9-17(16-4-6-19(7-5-16)26(29,30)31)10-22(11-18)38(3)23-13-20(27(32,33)34)12-21(14-23)28(35,36)37/h4-7,9-15,24H,8H2,1-3H3,(H,39,40). The highest BCUT2D eigenvalue weighted by molar-refractivity contribution is 5.80. The molecule has 0 aromatic heterocycles. The van der Waals surface area contributed by atoms with Crippen molar-refractivity contribution in [3.8, 4) is 11.1 Å². The molecule has 0 aliphatic rings. The number of nitrogens with zero attached hydrogens (tertiary/aromatic N) is 1. The number of hydrogen-bond acceptors (Lipinski definition) is 2. The minimum absolute atomic E-state index is 0.00943. The van der Waals surface area contributed by atoms with E-state index in [1.165, 1.54) is 25.2 Å². The largest absolute Gasteiger partial charge is 0.481 e. The number of carboxylic acids is 1. The molecule has 3 aromatic carbocycles. The molecule has 216 valence electrons. The summed E-state index contributed by atoms with van der Waals surface area (Å²) >= 11 is 0. The minimum Gasteiger partial charge on any atom is -0.481 e. The molecule has 3 nitrogen and oxygen atoms in total. The van der Waals surface area contributed by atoms with Crippen LogP contribution >= 0.6 is 0 Å². The molecular weight excluding hydrogens is 553 g/mol. The van der Waals surface area contributed by atoms with Crippen molar-refractivity contribution in [1.82, 2.24) is 0 Å². The van der Waals surface area contributed by atoms with Crippen LogP contribution in [0.4, 0.5) is 50.9 Å². The molecule has 0 fully saturated rings. The summed E-state index contributed by atoms with van der Waals surface area (Å²) in [6.07, 6.45) is -14.6. The zero-order valence-electron chi connectivity index (χ0n) is 21.3. The van der Waals surface area contributed by atoms with Gasteiger partial charge in [-0.05, 0) is 71.5 Å². The third kappa shape index (κ3) is 7.28. The van der Waals surface area contributed by atoms with Crippen molar-refractivity contribution in [1.29, 1.82) is 0 Å². The van der Waals surface area contributed by atoms with E-state index in [2.05, 4.69) is 0 Å². The van der Waals surface area contributed by atoms with Crippen molar-refractivity contribution >= 4 is 17.3 Å². The molecule has 0 bridgehead atoms. The number of carboxylic acid groups (broad SMARTS) is 1. The Morgan fingerprint density at radius 3 is 1.60 bits per heavy atom. The van der Waals surface area contributed by atoms with Crippen LogP contribution in [0.3, 0.4) is 0 Å². The van der Waals surface area contributed by atoms with Crippen molar-refractivity contribution in [3.05, 3.63) is 82.9 Å². The number of aliphatic carboxylic acids is 1. The van der Waals surface area contributed by atoms with Gasteiger partial charge in [0.25, 0.3) is 0 Å². The molecule has 0 aliphatic carbocycles. The number of hydrogen-bond donors (Lipinski definition) is 1. The fraction of sp³-hybridized carbons (Fsp3) is 0.321. The zero-order chi connectivity index (χ0) is 30.2. The van der Waals surface area contributed by atoms with Crippen LogP contribution in [0.15, 0.2) is 60.7 Å². The van der Waals surface area contributed by atoms with Gasteiger partial charge >= 0.3 is 24.5 Å². The number of benzene rings is 3. The second-order valence-corrected chi connectivity index (χ2v) is 9.73. The van der Waals surface area contributed by atoms with Crippen LogP contribution in [0.2, 0.25) is 0 Å². The smallest absolute Gasteiger partial charge is 0.416 e. The Kier molecular flexibility index (Phi) is 8.52. The van der Waals surface area contributed by atoms with E-state index in [-0.39, 0.29) is 40.8 Å². The van der Waals surface area contributed by atoms with E-state index in [0.717, 1.165) is 29.2 Å². The van der Waals surface area contributed by atoms with Crippen LogP contribution in [0.1, 0.15) is 48.4 Å². The Bertz CT molecular complexity index is 1330. The van der Waals surface area contributed by atoms with Crippen LogP contribution in [-0.2, 0) is 23.3 Å². The van der Waals surface area contributed by atoms with Crippen LogP contribution in [0, 0.1) is 5.92 Å². The molecule has 0 spiro atoms. The summed E-state index contributed by atoms with van der Waals surface area (Å²) in [6.45, 7) is 3.54. The molecule has 3 aromatic rings. The summed E-state index contributed by atoms with van der Waals surface area (Å²) < 4.78 is 120. The van der Waals surface area contributed by atoms with E-state index in [1.54, 1.807) is 13.8 Å². The first-order valence-electron chi connectivity index (χ1n) is 11.9. The van der Waals surface area contributed by atoms with Crippen molar-refractivity contribution < 1.29 is 49.4 Å². The summed E-state index contributed by atoms with van der Waals surface area (Å²) in [4.78, 5) is 13.1. The van der Waals surface area contributed by atoms with Gasteiger partial charge in [0.1, 0.15) is 0 Å². The lowest BCUT2D eigenvalue weighted by Crippen LogP contribution is -2.17. The highest BCUT2D eigenvalue weighted by Crippen LogP contribution is 2.41. The molecule has 0 amide bonds. The SMILES string of the molecule is CC(C)CC(C(=O)O)c1cc(-c2ccc(C(F)(F)F)cc2)cc(N(C)c2cc(C(F)(F)F)cc(C(F)(F)F)c2)c1. The molecular formula is C28H24F9NO2. The third-order valence-electron chi connectivity index (χ3n) is 6.24. The first kappa shape index (κ1) is 30.8. The monoisotopic (exact) mass is 577 g/mol. The first-order valence-corrected chi connectivity index (χ1v) is 11.9. The van der Waals surface area contributed by atoms with Crippen molar-refractivity contribution in [3.63, 3.8) is 0 Å². The van der Waals surface area contributed by atoms with Gasteiger partial charge in [-0.15, -0.1) is 0 Å². The second kappa shape index (κ2) is 11.1. The van der Waals surface area contributed by atoms with E-state index >= 15 is 0 Å². The minimum atomic E-state index is -5.09. The van der Waals surface area contributed by atoms with E-state index in [9.17, 15) is 49.4 Å². The van der Waals surface area contributed by atoms with Gasteiger partial charge in [0.05, 0.1) is 22.6 Å². The Balaban J connectivity index is 2.24. The van der Waals surface area contributed by atoms with Crippen molar-refractivity contribution in [2.75, 3.05) is 11.9 Å². The molecule has 0 radical (unpaired) electrons. The number of rotatable bonds is 7. The average molecular weight is 577 g/mol. The number of halogens is 9. The highest BCUT2D eigenvalue weighted by atomic mass is 19.4. The first-order chi connectivity index (χ1) is 18.3. The average Bonchev–Trinajstić information content (AvgIpc) is 2.84. The van der Waals surface area contributed by atoms with Gasteiger partial charge in [0.15, 0.2) is 0 Å². The van der Waals surface area contributed by atoms with Crippen molar-refractivity contribution in [2.24, 2.45) is 5.92 Å². The molecule has 3 rings (SSSR count). The molecule has 12 heteroatoms. The molecule has 0 saturated carbocycles. The quantitative estimate of drug-likeness (QED) is 0.285. The lowest BCUT2D eigenvalue weighted by atomic mass is 9.88. The summed E-state index contributed by atoms with van der Waals surface area (Å²) in [6, 6.07) is 9.11. The van der Waals surface area contributed by atoms with Crippen molar-refractivity contribution in [2.45, 2.75) is 44.7 Å². The maximum Gasteiger partial charge on any atom is 0.416 e. The van der Waals surface area contributed by atoms with E-state index in [0.29, 0.717) is 12.1 Å². The van der Waals surface area contributed by atoms with E-state index in [1.807, 2.05) is 0 Å². The van der Waals surface area contributed by atoms with E-state index in [4.69, 9.17) is 0 Å². The summed E-state index contributed by atoms with van der Waals surface area (Å²) in [7, 11) is 1.21. The lowest BCUT2D eigenvalue weighted by molar-refractivity contribution is -0.143. The second-order valence-electron chi connectivity index (χ2n) is 9.73. The topological polar surface area (TPSA) is 40.5 Å². The molecule has 1 unspecified atom stereocenters. The van der Waals surface area contributed by atoms with Crippen LogP contribution in [-0.4, -0.2) is 18.1 Å². The van der Waals surface area contributed by atoms with E-state index < -0.39 is 52.8 Å². The van der Waals surface area contributed by atoms with Gasteiger partial charge in [0.2, 0.25) is 0 Å².